The van der Waals surface area contributed by atoms with Gasteiger partial charge in [0.2, 0.25) is 0 Å². The monoisotopic (exact) mass is 830 g/mol. The third-order valence-corrected chi connectivity index (χ3v) is 9.70. The number of amides is 2. The van der Waals surface area contributed by atoms with Crippen molar-refractivity contribution in [1.82, 2.24) is 39.4 Å². The third-order valence-electron chi connectivity index (χ3n) is 9.32. The van der Waals surface area contributed by atoms with E-state index in [0.29, 0.717) is 52.2 Å². The van der Waals surface area contributed by atoms with Crippen molar-refractivity contribution in [3.63, 3.8) is 0 Å². The van der Waals surface area contributed by atoms with Gasteiger partial charge in [-0.2, -0.15) is 0 Å². The first-order valence-electron chi connectivity index (χ1n) is 19.4. The number of fused-ring (bicyclic) bond motifs is 2. The maximum absolute atomic E-state index is 12.2. The average molecular weight is 832 g/mol. The van der Waals surface area contributed by atoms with Crippen LogP contribution in [0.4, 0.5) is 11.6 Å². The maximum atomic E-state index is 12.2. The fourth-order valence-electron chi connectivity index (χ4n) is 5.98. The number of hydrogen-bond acceptors (Lipinski definition) is 9. The van der Waals surface area contributed by atoms with E-state index in [1.54, 1.807) is 6.20 Å². The van der Waals surface area contributed by atoms with E-state index in [4.69, 9.17) is 5.11 Å². The van der Waals surface area contributed by atoms with E-state index in [1.165, 1.54) is 0 Å². The van der Waals surface area contributed by atoms with Crippen LogP contribution >= 0.6 is 15.9 Å². The summed E-state index contributed by atoms with van der Waals surface area (Å²) in [7, 11) is 0. The van der Waals surface area contributed by atoms with Crippen molar-refractivity contribution in [2.24, 2.45) is 11.8 Å². The summed E-state index contributed by atoms with van der Waals surface area (Å²) in [6, 6.07) is 15.8. The number of nitrogens with zero attached hydrogens (tertiary/aromatic N) is 6. The van der Waals surface area contributed by atoms with E-state index in [1.807, 2.05) is 75.9 Å². The number of aliphatic hydroxyl groups is 1. The molecule has 0 atom stereocenters. The summed E-state index contributed by atoms with van der Waals surface area (Å²) in [4.78, 5) is 42.6. The summed E-state index contributed by atoms with van der Waals surface area (Å²) in [6.07, 6.45) is 11.6. The number of aromatic nitrogens is 6. The van der Waals surface area contributed by atoms with Gasteiger partial charge in [-0.25, -0.2) is 19.9 Å². The lowest BCUT2D eigenvalue weighted by Gasteiger charge is -2.11. The Labute approximate surface area is 340 Å². The summed E-state index contributed by atoms with van der Waals surface area (Å²) in [5, 5.41) is 21.8. The first kappa shape index (κ1) is 39.5. The topological polar surface area (TPSA) is 163 Å². The van der Waals surface area contributed by atoms with Crippen LogP contribution in [-0.4, -0.2) is 77.4 Å². The van der Waals surface area contributed by atoms with E-state index in [2.05, 4.69) is 96.7 Å². The molecule has 2 fully saturated rings. The Morgan fingerprint density at radius 2 is 1.19 bits per heavy atom. The molecule has 5 N–H and O–H groups in total. The second-order valence-electron chi connectivity index (χ2n) is 15.2. The smallest absolute Gasteiger partial charge is 0.251 e. The molecule has 14 heteroatoms. The number of nitrogens with one attached hydrogen (secondary N) is 4. The Balaban J connectivity index is 0.000000175. The van der Waals surface area contributed by atoms with Crippen molar-refractivity contribution in [2.75, 3.05) is 30.3 Å². The molecule has 0 bridgehead atoms. The first-order valence-corrected chi connectivity index (χ1v) is 20.2. The van der Waals surface area contributed by atoms with Crippen LogP contribution in [0.15, 0.2) is 77.9 Å². The number of rotatable bonds is 12. The van der Waals surface area contributed by atoms with Gasteiger partial charge in [0.15, 0.2) is 22.9 Å². The van der Waals surface area contributed by atoms with Crippen LogP contribution in [0.5, 0.6) is 0 Å². The van der Waals surface area contributed by atoms with Crippen molar-refractivity contribution in [3.8, 4) is 34.4 Å². The molecular weight excluding hydrogens is 784 g/mol. The van der Waals surface area contributed by atoms with Crippen LogP contribution in [-0.2, 0) is 0 Å². The number of imidazole rings is 2. The zero-order valence-electron chi connectivity index (χ0n) is 32.5. The van der Waals surface area contributed by atoms with Crippen LogP contribution in [0.25, 0.3) is 33.8 Å². The predicted octanol–water partition coefficient (Wildman–Crippen LogP) is 6.82. The van der Waals surface area contributed by atoms with E-state index in [9.17, 15) is 9.59 Å². The van der Waals surface area contributed by atoms with Crippen LogP contribution in [0, 0.1) is 23.7 Å². The molecule has 2 aliphatic carbocycles. The highest BCUT2D eigenvalue weighted by Crippen LogP contribution is 2.28. The predicted molar refractivity (Wildman–Crippen MR) is 226 cm³/mol. The number of anilines is 2. The zero-order valence-corrected chi connectivity index (χ0v) is 34.1. The van der Waals surface area contributed by atoms with Gasteiger partial charge >= 0.3 is 0 Å². The Kier molecular flexibility index (Phi) is 12.2. The molecule has 0 unspecified atom stereocenters. The van der Waals surface area contributed by atoms with E-state index in [-0.39, 0.29) is 18.4 Å². The number of hydrogen-bond donors (Lipinski definition) is 5. The lowest BCUT2D eigenvalue weighted by molar-refractivity contribution is 0.0942. The van der Waals surface area contributed by atoms with Gasteiger partial charge < -0.3 is 26.4 Å². The van der Waals surface area contributed by atoms with E-state index >= 15 is 0 Å². The van der Waals surface area contributed by atoms with E-state index < -0.39 is 0 Å². The van der Waals surface area contributed by atoms with Crippen molar-refractivity contribution in [1.29, 1.82) is 0 Å². The minimum absolute atomic E-state index is 0.00527. The number of halogens is 1. The lowest BCUT2D eigenvalue weighted by atomic mass is 10.1. The molecule has 8 rings (SSSR count). The summed E-state index contributed by atoms with van der Waals surface area (Å²) in [5.74, 6) is 7.85. The Morgan fingerprint density at radius 3 is 1.63 bits per heavy atom. The number of carbonyl (C=O) groups excluding carboxylic acids is 2. The summed E-state index contributed by atoms with van der Waals surface area (Å²) in [5.41, 5.74) is 7.13. The van der Waals surface area contributed by atoms with Gasteiger partial charge in [0.25, 0.3) is 11.8 Å². The zero-order chi connectivity index (χ0) is 40.1. The quantitative estimate of drug-likeness (QED) is 0.0834. The van der Waals surface area contributed by atoms with Gasteiger partial charge in [0.05, 0.1) is 23.8 Å². The Morgan fingerprint density at radius 1 is 0.737 bits per heavy atom. The molecule has 6 aromatic rings. The molecule has 13 nitrogen and oxygen atoms in total. The van der Waals surface area contributed by atoms with Gasteiger partial charge in [-0.05, 0) is 83.6 Å². The molecule has 2 aromatic carbocycles. The SMILES string of the molecule is CC(C)CNc1nc(Br)cn2c(-c3ccc(C(=O)NC4CC4)cc3)cnc12.CC(C)CNc1nc(C#CCO)cn2c(-c3ccc(C(=O)NC4CC4)cc3)cnc12. The van der Waals surface area contributed by atoms with Gasteiger partial charge in [0, 0.05) is 59.8 Å². The van der Waals surface area contributed by atoms with E-state index in [0.717, 1.165) is 77.4 Å². The normalized spacial score (nSPS) is 13.5. The molecule has 4 heterocycles. The molecule has 2 saturated carbocycles. The van der Waals surface area contributed by atoms with Crippen molar-refractivity contribution in [2.45, 2.75) is 65.5 Å². The highest BCUT2D eigenvalue weighted by molar-refractivity contribution is 9.10. The molecule has 0 radical (unpaired) electrons. The maximum Gasteiger partial charge on any atom is 0.251 e. The molecule has 0 spiro atoms. The second kappa shape index (κ2) is 17.6. The molecule has 2 amide bonds. The summed E-state index contributed by atoms with van der Waals surface area (Å²) >= 11 is 3.49. The Hall–Kier alpha value is -5.78. The molecule has 0 saturated heterocycles. The molecular formula is C43H47BrN10O3. The molecule has 2 aliphatic rings. The molecule has 294 valence electrons. The minimum Gasteiger partial charge on any atom is -0.384 e. The third kappa shape index (κ3) is 9.97. The molecule has 4 aromatic heterocycles. The van der Waals surface area contributed by atoms with Crippen LogP contribution < -0.4 is 21.3 Å². The van der Waals surface area contributed by atoms with Crippen molar-refractivity contribution < 1.29 is 14.7 Å². The van der Waals surface area contributed by atoms with Crippen molar-refractivity contribution in [3.05, 3.63) is 94.7 Å². The summed E-state index contributed by atoms with van der Waals surface area (Å²) < 4.78 is 4.69. The largest absolute Gasteiger partial charge is 0.384 e. The minimum atomic E-state index is -0.227. The number of benzene rings is 2. The van der Waals surface area contributed by atoms with Gasteiger partial charge in [-0.1, -0.05) is 57.9 Å². The number of aliphatic hydroxyl groups excluding tert-OH is 1. The molecule has 0 aliphatic heterocycles. The van der Waals surface area contributed by atoms with Crippen LogP contribution in [0.1, 0.15) is 79.8 Å². The first-order chi connectivity index (χ1) is 27.6. The summed E-state index contributed by atoms with van der Waals surface area (Å²) in [6.45, 7) is 9.91. The standard InChI is InChI=1S/C23H25N5O2.C20H22BrN5O/c1-15(2)12-24-21-22-25-13-20(28(22)14-19(26-21)4-3-11-29)16-5-7-17(8-6-16)23(30)27-18-9-10-18;1-12(2)9-22-18-19-23-10-16(26(19)11-17(21)25-18)13-3-5-14(6-4-13)20(27)24-15-7-8-15/h5-8,13-15,18,29H,9-12H2,1-2H3,(H,24,26)(H,27,30);3-6,10-12,15H,7-9H2,1-2H3,(H,22,25)(H,24,27). The van der Waals surface area contributed by atoms with Crippen LogP contribution in [0.3, 0.4) is 0 Å². The highest BCUT2D eigenvalue weighted by atomic mass is 79.9. The second-order valence-corrected chi connectivity index (χ2v) is 16.0. The number of carbonyl (C=O) groups is 2. The van der Waals surface area contributed by atoms with Crippen LogP contribution in [0.2, 0.25) is 0 Å². The van der Waals surface area contributed by atoms with Gasteiger partial charge in [-0.3, -0.25) is 18.4 Å². The van der Waals surface area contributed by atoms with Gasteiger partial charge in [-0.15, -0.1) is 0 Å². The average Bonchev–Trinajstić information content (AvgIpc) is 4.12. The fourth-order valence-corrected chi connectivity index (χ4v) is 6.36. The molecule has 57 heavy (non-hydrogen) atoms. The lowest BCUT2D eigenvalue weighted by Crippen LogP contribution is -2.25. The highest BCUT2D eigenvalue weighted by Gasteiger charge is 2.25. The Bertz CT molecular complexity index is 2440. The fraction of sp³-hybridized carbons (Fsp3) is 0.349. The van der Waals surface area contributed by atoms with Crippen molar-refractivity contribution >= 4 is 50.7 Å². The van der Waals surface area contributed by atoms with Gasteiger partial charge in [0.1, 0.15) is 16.9 Å².